The lowest BCUT2D eigenvalue weighted by atomic mass is 10.0. The van der Waals surface area contributed by atoms with Crippen LogP contribution in [0.1, 0.15) is 49.3 Å². The molecule has 4 nitrogen and oxygen atoms in total. The molecule has 0 bridgehead atoms. The van der Waals surface area contributed by atoms with Crippen molar-refractivity contribution in [3.63, 3.8) is 0 Å². The third-order valence-electron chi connectivity index (χ3n) is 3.36. The maximum atomic E-state index is 10.0. The molecule has 0 radical (unpaired) electrons. The summed E-state index contributed by atoms with van der Waals surface area (Å²) in [5.74, 6) is 1.27. The summed E-state index contributed by atoms with van der Waals surface area (Å²) < 4.78 is 0. The maximum Gasteiger partial charge on any atom is 0.123 e. The lowest BCUT2D eigenvalue weighted by molar-refractivity contribution is 0.416. The van der Waals surface area contributed by atoms with E-state index in [0.29, 0.717) is 5.75 Å². The Morgan fingerprint density at radius 2 is 2.21 bits per heavy atom. The number of phenolic OH excluding ortho intramolecular Hbond substituents is 1. The number of imidazole rings is 1. The van der Waals surface area contributed by atoms with Crippen LogP contribution in [0, 0.1) is 6.92 Å². The molecule has 2 aromatic rings. The Morgan fingerprint density at radius 1 is 1.42 bits per heavy atom. The predicted octanol–water partition coefficient (Wildman–Crippen LogP) is 3.23. The molecule has 0 saturated heterocycles. The van der Waals surface area contributed by atoms with Gasteiger partial charge in [0.15, 0.2) is 0 Å². The van der Waals surface area contributed by atoms with Gasteiger partial charge in [-0.2, -0.15) is 0 Å². The third kappa shape index (κ3) is 3.15. The van der Waals surface area contributed by atoms with E-state index < -0.39 is 0 Å². The van der Waals surface area contributed by atoms with E-state index in [-0.39, 0.29) is 12.1 Å². The molecule has 2 atom stereocenters. The second-order valence-electron chi connectivity index (χ2n) is 4.89. The summed E-state index contributed by atoms with van der Waals surface area (Å²) in [7, 11) is 0. The van der Waals surface area contributed by atoms with Gasteiger partial charge < -0.3 is 15.4 Å². The number of benzene rings is 1. The molecule has 19 heavy (non-hydrogen) atoms. The van der Waals surface area contributed by atoms with Crippen LogP contribution in [-0.2, 0) is 0 Å². The number of aromatic amines is 1. The van der Waals surface area contributed by atoms with Crippen LogP contribution in [0.2, 0.25) is 0 Å². The van der Waals surface area contributed by atoms with Crippen molar-refractivity contribution >= 4 is 0 Å². The Bertz CT molecular complexity index is 522. The number of phenols is 1. The molecule has 0 amide bonds. The van der Waals surface area contributed by atoms with Crippen molar-refractivity contribution in [1.29, 1.82) is 0 Å². The summed E-state index contributed by atoms with van der Waals surface area (Å²) in [6.07, 6.45) is 4.52. The summed E-state index contributed by atoms with van der Waals surface area (Å²) in [6, 6.07) is 6.00. The van der Waals surface area contributed by atoms with Crippen LogP contribution in [0.15, 0.2) is 30.6 Å². The minimum absolute atomic E-state index is 0.0654. The topological polar surface area (TPSA) is 60.9 Å². The molecular weight excluding hydrogens is 238 g/mol. The smallest absolute Gasteiger partial charge is 0.123 e. The van der Waals surface area contributed by atoms with Gasteiger partial charge in [0.2, 0.25) is 0 Å². The number of aromatic hydroxyl groups is 1. The Morgan fingerprint density at radius 3 is 2.79 bits per heavy atom. The van der Waals surface area contributed by atoms with Crippen LogP contribution in [0.25, 0.3) is 0 Å². The number of hydrogen-bond donors (Lipinski definition) is 3. The molecule has 1 heterocycles. The van der Waals surface area contributed by atoms with Crippen molar-refractivity contribution in [3.8, 4) is 5.75 Å². The fourth-order valence-corrected chi connectivity index (χ4v) is 2.27. The number of aryl methyl sites for hydroxylation is 1. The largest absolute Gasteiger partial charge is 0.508 e. The van der Waals surface area contributed by atoms with E-state index in [0.717, 1.165) is 23.4 Å². The lowest BCUT2D eigenvalue weighted by Crippen LogP contribution is -2.25. The highest BCUT2D eigenvalue weighted by atomic mass is 16.3. The lowest BCUT2D eigenvalue weighted by Gasteiger charge is -2.22. The molecule has 1 aromatic carbocycles. The van der Waals surface area contributed by atoms with Crippen molar-refractivity contribution < 1.29 is 5.11 Å². The average molecular weight is 259 g/mol. The van der Waals surface area contributed by atoms with Crippen LogP contribution in [-0.4, -0.2) is 15.1 Å². The van der Waals surface area contributed by atoms with Gasteiger partial charge in [0, 0.05) is 24.0 Å². The van der Waals surface area contributed by atoms with Crippen LogP contribution in [0.4, 0.5) is 0 Å². The van der Waals surface area contributed by atoms with Crippen LogP contribution < -0.4 is 5.32 Å². The molecule has 0 spiro atoms. The fourth-order valence-electron chi connectivity index (χ4n) is 2.27. The second kappa shape index (κ2) is 5.89. The van der Waals surface area contributed by atoms with Gasteiger partial charge in [-0.15, -0.1) is 0 Å². The van der Waals surface area contributed by atoms with E-state index in [1.807, 2.05) is 25.3 Å². The zero-order valence-electron chi connectivity index (χ0n) is 11.6. The Hall–Kier alpha value is -1.81. The summed E-state index contributed by atoms with van der Waals surface area (Å²) in [4.78, 5) is 7.42. The van der Waals surface area contributed by atoms with Crippen molar-refractivity contribution in [3.05, 3.63) is 47.5 Å². The highest BCUT2D eigenvalue weighted by molar-refractivity contribution is 5.37. The van der Waals surface area contributed by atoms with E-state index in [1.54, 1.807) is 12.3 Å². The quantitative estimate of drug-likeness (QED) is 0.772. The van der Waals surface area contributed by atoms with Gasteiger partial charge >= 0.3 is 0 Å². The molecule has 0 saturated carbocycles. The molecule has 0 aliphatic rings. The monoisotopic (exact) mass is 259 g/mol. The average Bonchev–Trinajstić information content (AvgIpc) is 2.89. The van der Waals surface area contributed by atoms with Gasteiger partial charge in [0.05, 0.1) is 6.04 Å². The molecule has 2 rings (SSSR count). The fraction of sp³-hybridized carbons (Fsp3) is 0.400. The first-order valence-electron chi connectivity index (χ1n) is 6.66. The van der Waals surface area contributed by atoms with Crippen LogP contribution in [0.5, 0.6) is 5.75 Å². The van der Waals surface area contributed by atoms with Crippen molar-refractivity contribution in [2.24, 2.45) is 0 Å². The molecule has 102 valence electrons. The van der Waals surface area contributed by atoms with E-state index in [9.17, 15) is 5.11 Å². The molecule has 0 aliphatic carbocycles. The van der Waals surface area contributed by atoms with Gasteiger partial charge in [-0.25, -0.2) is 4.98 Å². The number of hydrogen-bond acceptors (Lipinski definition) is 3. The van der Waals surface area contributed by atoms with Gasteiger partial charge in [-0.3, -0.25) is 0 Å². The SMILES string of the molecule is CCC(NC(C)c1ccc(C)cc1O)c1ncc[nH]1. The van der Waals surface area contributed by atoms with E-state index in [2.05, 4.69) is 29.1 Å². The molecule has 3 N–H and O–H groups in total. The second-order valence-corrected chi connectivity index (χ2v) is 4.89. The van der Waals surface area contributed by atoms with E-state index >= 15 is 0 Å². The first-order chi connectivity index (χ1) is 9.11. The first-order valence-corrected chi connectivity index (χ1v) is 6.66. The van der Waals surface area contributed by atoms with E-state index in [4.69, 9.17) is 0 Å². The standard InChI is InChI=1S/C15H21N3O/c1-4-13(15-16-7-8-17-15)18-11(3)12-6-5-10(2)9-14(12)19/h5-9,11,13,18-19H,4H2,1-3H3,(H,16,17). The molecule has 4 heteroatoms. The van der Waals surface area contributed by atoms with Gasteiger partial charge in [0.1, 0.15) is 11.6 Å². The Labute approximate surface area is 113 Å². The minimum atomic E-state index is 0.0654. The molecule has 0 aliphatic heterocycles. The maximum absolute atomic E-state index is 10.0. The molecule has 0 fully saturated rings. The van der Waals surface area contributed by atoms with E-state index in [1.165, 1.54) is 0 Å². The zero-order valence-corrected chi connectivity index (χ0v) is 11.6. The number of nitrogens with zero attached hydrogens (tertiary/aromatic N) is 1. The normalized spacial score (nSPS) is 14.3. The number of aromatic nitrogens is 2. The van der Waals surface area contributed by atoms with Crippen LogP contribution >= 0.6 is 0 Å². The molecule has 2 unspecified atom stereocenters. The number of nitrogens with one attached hydrogen (secondary N) is 2. The summed E-state index contributed by atoms with van der Waals surface area (Å²) >= 11 is 0. The molecule has 1 aromatic heterocycles. The third-order valence-corrected chi connectivity index (χ3v) is 3.36. The first kappa shape index (κ1) is 13.6. The van der Waals surface area contributed by atoms with Gasteiger partial charge in [-0.1, -0.05) is 19.1 Å². The van der Waals surface area contributed by atoms with Gasteiger partial charge in [0.25, 0.3) is 0 Å². The summed E-state index contributed by atoms with van der Waals surface area (Å²) in [6.45, 7) is 6.14. The number of rotatable bonds is 5. The highest BCUT2D eigenvalue weighted by Gasteiger charge is 2.17. The highest BCUT2D eigenvalue weighted by Crippen LogP contribution is 2.27. The predicted molar refractivity (Wildman–Crippen MR) is 76.0 cm³/mol. The van der Waals surface area contributed by atoms with Gasteiger partial charge in [-0.05, 0) is 31.9 Å². The van der Waals surface area contributed by atoms with Crippen molar-refractivity contribution in [1.82, 2.24) is 15.3 Å². The van der Waals surface area contributed by atoms with Crippen molar-refractivity contribution in [2.75, 3.05) is 0 Å². The zero-order chi connectivity index (χ0) is 13.8. The Kier molecular flexibility index (Phi) is 4.22. The Balaban J connectivity index is 2.13. The van der Waals surface area contributed by atoms with Crippen LogP contribution in [0.3, 0.4) is 0 Å². The number of H-pyrrole nitrogens is 1. The molecular formula is C15H21N3O. The minimum Gasteiger partial charge on any atom is -0.508 e. The summed E-state index contributed by atoms with van der Waals surface area (Å²) in [5.41, 5.74) is 1.97. The van der Waals surface area contributed by atoms with Crippen molar-refractivity contribution in [2.45, 2.75) is 39.3 Å². The summed E-state index contributed by atoms with van der Waals surface area (Å²) in [5, 5.41) is 13.5.